The summed E-state index contributed by atoms with van der Waals surface area (Å²) in [5.41, 5.74) is 1.54. The quantitative estimate of drug-likeness (QED) is 0.725. The van der Waals surface area contributed by atoms with Crippen molar-refractivity contribution in [1.29, 1.82) is 0 Å². The summed E-state index contributed by atoms with van der Waals surface area (Å²) in [4.78, 5) is 13.9. The van der Waals surface area contributed by atoms with E-state index in [1.54, 1.807) is 6.20 Å². The highest BCUT2D eigenvalue weighted by Gasteiger charge is 2.20. The Labute approximate surface area is 109 Å². The van der Waals surface area contributed by atoms with Crippen LogP contribution in [-0.2, 0) is 11.3 Å². The smallest absolute Gasteiger partial charge is 0.341 e. The van der Waals surface area contributed by atoms with Crippen molar-refractivity contribution in [2.45, 2.75) is 33.2 Å². The second-order valence-electron chi connectivity index (χ2n) is 4.85. The van der Waals surface area contributed by atoms with Crippen LogP contribution >= 0.6 is 0 Å². The van der Waals surface area contributed by atoms with E-state index in [1.807, 2.05) is 25.7 Å². The summed E-state index contributed by atoms with van der Waals surface area (Å²) in [6.45, 7) is 7.99. The van der Waals surface area contributed by atoms with Gasteiger partial charge in [0.25, 0.3) is 0 Å². The van der Waals surface area contributed by atoms with Crippen LogP contribution in [0.3, 0.4) is 0 Å². The molecule has 1 aromatic rings. The average Bonchev–Trinajstić information content (AvgIpc) is 2.70. The number of carbonyl (C=O) groups is 1. The number of aromatic nitrogens is 2. The molecule has 1 rings (SSSR count). The molecule has 0 aliphatic carbocycles. The molecule has 0 aliphatic rings. The van der Waals surface area contributed by atoms with Crippen LogP contribution in [0.25, 0.3) is 0 Å². The Morgan fingerprint density at radius 3 is 2.67 bits per heavy atom. The minimum atomic E-state index is -0.280. The fourth-order valence-electron chi connectivity index (χ4n) is 1.84. The topological polar surface area (TPSA) is 47.4 Å². The van der Waals surface area contributed by atoms with Crippen LogP contribution in [0.15, 0.2) is 6.20 Å². The molecule has 0 saturated carbocycles. The molecular weight excluding hydrogens is 230 g/mol. The molecule has 5 heteroatoms. The molecule has 0 aliphatic heterocycles. The van der Waals surface area contributed by atoms with Crippen molar-refractivity contribution in [2.24, 2.45) is 0 Å². The molecule has 0 aromatic carbocycles. The Bertz CT molecular complexity index is 397. The van der Waals surface area contributed by atoms with Gasteiger partial charge in [-0.05, 0) is 26.9 Å². The van der Waals surface area contributed by atoms with Crippen molar-refractivity contribution in [3.05, 3.63) is 17.5 Å². The Balaban J connectivity index is 2.95. The van der Waals surface area contributed by atoms with Gasteiger partial charge in [0.15, 0.2) is 0 Å². The lowest BCUT2D eigenvalue weighted by Crippen LogP contribution is -2.21. The molecule has 0 fully saturated rings. The molecule has 18 heavy (non-hydrogen) atoms. The SMILES string of the molecule is CCOC(=O)c1cnn(CCN(C)C)c1C(C)C. The van der Waals surface area contributed by atoms with E-state index in [0.29, 0.717) is 12.2 Å². The predicted octanol–water partition coefficient (Wildman–Crippen LogP) is 1.74. The van der Waals surface area contributed by atoms with Crippen LogP contribution in [0.4, 0.5) is 0 Å². The second-order valence-corrected chi connectivity index (χ2v) is 4.85. The van der Waals surface area contributed by atoms with E-state index in [-0.39, 0.29) is 11.9 Å². The van der Waals surface area contributed by atoms with E-state index in [4.69, 9.17) is 4.74 Å². The zero-order valence-electron chi connectivity index (χ0n) is 11.9. The van der Waals surface area contributed by atoms with Gasteiger partial charge >= 0.3 is 5.97 Å². The summed E-state index contributed by atoms with van der Waals surface area (Å²) in [5, 5.41) is 4.30. The fraction of sp³-hybridized carbons (Fsp3) is 0.692. The number of carbonyl (C=O) groups excluding carboxylic acids is 1. The van der Waals surface area contributed by atoms with Gasteiger partial charge in [-0.1, -0.05) is 13.8 Å². The average molecular weight is 253 g/mol. The summed E-state index contributed by atoms with van der Waals surface area (Å²) in [6.07, 6.45) is 1.61. The van der Waals surface area contributed by atoms with Gasteiger partial charge in [-0.15, -0.1) is 0 Å². The van der Waals surface area contributed by atoms with E-state index in [0.717, 1.165) is 18.8 Å². The number of hydrogen-bond donors (Lipinski definition) is 0. The zero-order valence-corrected chi connectivity index (χ0v) is 11.9. The normalized spacial score (nSPS) is 11.3. The van der Waals surface area contributed by atoms with E-state index >= 15 is 0 Å². The van der Waals surface area contributed by atoms with Crippen LogP contribution in [0.5, 0.6) is 0 Å². The van der Waals surface area contributed by atoms with Gasteiger partial charge in [-0.25, -0.2) is 4.79 Å². The predicted molar refractivity (Wildman–Crippen MR) is 70.8 cm³/mol. The first-order valence-corrected chi connectivity index (χ1v) is 6.34. The highest BCUT2D eigenvalue weighted by Crippen LogP contribution is 2.20. The highest BCUT2D eigenvalue weighted by atomic mass is 16.5. The highest BCUT2D eigenvalue weighted by molar-refractivity contribution is 5.90. The van der Waals surface area contributed by atoms with Crippen LogP contribution in [0, 0.1) is 0 Å². The molecule has 102 valence electrons. The zero-order chi connectivity index (χ0) is 13.7. The van der Waals surface area contributed by atoms with Gasteiger partial charge in [0.2, 0.25) is 0 Å². The Morgan fingerprint density at radius 2 is 2.17 bits per heavy atom. The first kappa shape index (κ1) is 14.7. The maximum absolute atomic E-state index is 11.8. The molecule has 0 N–H and O–H groups in total. The Hall–Kier alpha value is -1.36. The third kappa shape index (κ3) is 3.57. The van der Waals surface area contributed by atoms with Gasteiger partial charge in [0.1, 0.15) is 5.56 Å². The summed E-state index contributed by atoms with van der Waals surface area (Å²) < 4.78 is 6.95. The lowest BCUT2D eigenvalue weighted by molar-refractivity contribution is 0.0524. The molecular formula is C13H23N3O2. The summed E-state index contributed by atoms with van der Waals surface area (Å²) in [5.74, 6) is -0.0358. The largest absolute Gasteiger partial charge is 0.462 e. The lowest BCUT2D eigenvalue weighted by Gasteiger charge is -2.14. The standard InChI is InChI=1S/C13H23N3O2/c1-6-18-13(17)11-9-14-16(8-7-15(4)5)12(11)10(2)3/h9-10H,6-8H2,1-5H3. The maximum atomic E-state index is 11.8. The first-order chi connectivity index (χ1) is 8.47. The summed E-state index contributed by atoms with van der Waals surface area (Å²) in [7, 11) is 4.04. The van der Waals surface area contributed by atoms with Crippen molar-refractivity contribution < 1.29 is 9.53 Å². The van der Waals surface area contributed by atoms with Crippen LogP contribution in [-0.4, -0.2) is 47.9 Å². The molecule has 0 spiro atoms. The number of likely N-dealkylation sites (N-methyl/N-ethyl adjacent to an activating group) is 1. The van der Waals surface area contributed by atoms with Crippen molar-refractivity contribution in [1.82, 2.24) is 14.7 Å². The van der Waals surface area contributed by atoms with Crippen molar-refractivity contribution in [3.8, 4) is 0 Å². The number of rotatable bonds is 6. The van der Waals surface area contributed by atoms with E-state index in [2.05, 4.69) is 23.8 Å². The minimum absolute atomic E-state index is 0.245. The second kappa shape index (κ2) is 6.54. The minimum Gasteiger partial charge on any atom is -0.462 e. The number of esters is 1. The van der Waals surface area contributed by atoms with Crippen LogP contribution in [0.1, 0.15) is 42.7 Å². The molecule has 1 aromatic heterocycles. The lowest BCUT2D eigenvalue weighted by atomic mass is 10.1. The van der Waals surface area contributed by atoms with E-state index < -0.39 is 0 Å². The third-order valence-electron chi connectivity index (χ3n) is 2.68. The third-order valence-corrected chi connectivity index (χ3v) is 2.68. The molecule has 0 amide bonds. The maximum Gasteiger partial charge on any atom is 0.341 e. The van der Waals surface area contributed by atoms with Gasteiger partial charge in [0, 0.05) is 6.54 Å². The summed E-state index contributed by atoms with van der Waals surface area (Å²) >= 11 is 0. The molecule has 0 bridgehead atoms. The molecule has 0 radical (unpaired) electrons. The first-order valence-electron chi connectivity index (χ1n) is 6.34. The van der Waals surface area contributed by atoms with Crippen LogP contribution in [0.2, 0.25) is 0 Å². The molecule has 0 unspecified atom stereocenters. The Morgan fingerprint density at radius 1 is 1.50 bits per heavy atom. The van der Waals surface area contributed by atoms with E-state index in [9.17, 15) is 4.79 Å². The van der Waals surface area contributed by atoms with Gasteiger partial charge in [-0.2, -0.15) is 5.10 Å². The monoisotopic (exact) mass is 253 g/mol. The van der Waals surface area contributed by atoms with Gasteiger partial charge in [0.05, 0.1) is 25.0 Å². The number of nitrogens with zero attached hydrogens (tertiary/aromatic N) is 3. The number of hydrogen-bond acceptors (Lipinski definition) is 4. The van der Waals surface area contributed by atoms with Gasteiger partial charge in [-0.3, -0.25) is 4.68 Å². The van der Waals surface area contributed by atoms with Crippen molar-refractivity contribution in [2.75, 3.05) is 27.2 Å². The van der Waals surface area contributed by atoms with E-state index in [1.165, 1.54) is 0 Å². The molecule has 0 atom stereocenters. The molecule has 5 nitrogen and oxygen atoms in total. The summed E-state index contributed by atoms with van der Waals surface area (Å²) in [6, 6.07) is 0. The van der Waals surface area contributed by atoms with Crippen molar-refractivity contribution in [3.63, 3.8) is 0 Å². The molecule has 0 saturated heterocycles. The van der Waals surface area contributed by atoms with Gasteiger partial charge < -0.3 is 9.64 Å². The van der Waals surface area contributed by atoms with Crippen LogP contribution < -0.4 is 0 Å². The number of ether oxygens (including phenoxy) is 1. The fourth-order valence-corrected chi connectivity index (χ4v) is 1.84. The molecule has 1 heterocycles. The Kier molecular flexibility index (Phi) is 5.34. The van der Waals surface area contributed by atoms with Crippen molar-refractivity contribution >= 4 is 5.97 Å².